The fraction of sp³-hybridized carbons (Fsp3) is 1.00. The summed E-state index contributed by atoms with van der Waals surface area (Å²) in [7, 11) is 3.41. The van der Waals surface area contributed by atoms with Gasteiger partial charge in [0.25, 0.3) is 0 Å². The maximum atomic E-state index is 5.29. The summed E-state index contributed by atoms with van der Waals surface area (Å²) in [5, 5.41) is 0. The summed E-state index contributed by atoms with van der Waals surface area (Å²) < 4.78 is 10.6. The smallest absolute Gasteiger partial charge is 0.144 e. The van der Waals surface area contributed by atoms with Crippen LogP contribution in [0.1, 0.15) is 12.8 Å². The predicted octanol–water partition coefficient (Wildman–Crippen LogP) is 0.314. The Labute approximate surface area is 58.4 Å². The SMILES string of the molecule is COC1(OC)CCC[SiH2]1. The van der Waals surface area contributed by atoms with Crippen molar-refractivity contribution < 1.29 is 9.47 Å². The fourth-order valence-electron chi connectivity index (χ4n) is 1.41. The Morgan fingerprint density at radius 3 is 2.22 bits per heavy atom. The van der Waals surface area contributed by atoms with E-state index >= 15 is 0 Å². The Hall–Kier alpha value is 0.137. The monoisotopic (exact) mass is 146 g/mol. The maximum absolute atomic E-state index is 5.29. The molecule has 54 valence electrons. The molecule has 0 spiro atoms. The van der Waals surface area contributed by atoms with Crippen molar-refractivity contribution in [3.63, 3.8) is 0 Å². The average Bonchev–Trinajstić information content (AvgIpc) is 2.36. The van der Waals surface area contributed by atoms with E-state index in [9.17, 15) is 0 Å². The molecule has 1 rings (SSSR count). The molecule has 1 saturated heterocycles. The van der Waals surface area contributed by atoms with Crippen molar-refractivity contribution in [2.24, 2.45) is 0 Å². The largest absolute Gasteiger partial charge is 0.358 e. The molecule has 0 saturated carbocycles. The Balaban J connectivity index is 2.45. The summed E-state index contributed by atoms with van der Waals surface area (Å²) in [6.45, 7) is 0. The number of ether oxygens (including phenoxy) is 2. The molecule has 0 aromatic carbocycles. The van der Waals surface area contributed by atoms with Gasteiger partial charge in [0.2, 0.25) is 0 Å². The Kier molecular flexibility index (Phi) is 2.27. The minimum absolute atomic E-state index is 0.0833. The zero-order valence-corrected chi connectivity index (χ0v) is 7.56. The molecule has 0 bridgehead atoms. The van der Waals surface area contributed by atoms with Crippen molar-refractivity contribution in [3.05, 3.63) is 0 Å². The van der Waals surface area contributed by atoms with Crippen LogP contribution < -0.4 is 0 Å². The summed E-state index contributed by atoms with van der Waals surface area (Å²) in [4.78, 5) is 0. The van der Waals surface area contributed by atoms with Gasteiger partial charge in [-0.15, -0.1) is 0 Å². The highest BCUT2D eigenvalue weighted by atomic mass is 28.2. The Bertz CT molecular complexity index is 83.1. The van der Waals surface area contributed by atoms with Crippen molar-refractivity contribution in [2.45, 2.75) is 24.3 Å². The molecule has 1 aliphatic heterocycles. The van der Waals surface area contributed by atoms with Gasteiger partial charge in [0.05, 0.1) is 9.52 Å². The molecule has 2 nitrogen and oxygen atoms in total. The van der Waals surface area contributed by atoms with Crippen LogP contribution in [0.25, 0.3) is 0 Å². The molecule has 3 heteroatoms. The van der Waals surface area contributed by atoms with Gasteiger partial charge in [-0.25, -0.2) is 0 Å². The lowest BCUT2D eigenvalue weighted by Gasteiger charge is -2.25. The van der Waals surface area contributed by atoms with Gasteiger partial charge in [0.1, 0.15) is 5.41 Å². The van der Waals surface area contributed by atoms with Crippen molar-refractivity contribution >= 4 is 9.52 Å². The van der Waals surface area contributed by atoms with Crippen LogP contribution in [-0.2, 0) is 9.47 Å². The summed E-state index contributed by atoms with van der Waals surface area (Å²) in [5.74, 6) is 0. The summed E-state index contributed by atoms with van der Waals surface area (Å²) in [5.41, 5.74) is -0.0833. The first-order chi connectivity index (χ1) is 4.33. The second-order valence-electron chi connectivity index (χ2n) is 2.53. The predicted molar refractivity (Wildman–Crippen MR) is 39.3 cm³/mol. The van der Waals surface area contributed by atoms with Crippen LogP contribution in [0, 0.1) is 0 Å². The van der Waals surface area contributed by atoms with E-state index in [0.717, 1.165) is 6.42 Å². The molecule has 0 radical (unpaired) electrons. The number of rotatable bonds is 2. The molecule has 0 N–H and O–H groups in total. The second-order valence-corrected chi connectivity index (χ2v) is 4.81. The summed E-state index contributed by atoms with van der Waals surface area (Å²) in [6, 6.07) is 1.38. The maximum Gasteiger partial charge on any atom is 0.144 e. The zero-order valence-electron chi connectivity index (χ0n) is 6.14. The third kappa shape index (κ3) is 1.34. The molecule has 0 amide bonds. The van der Waals surface area contributed by atoms with E-state index in [4.69, 9.17) is 9.47 Å². The Morgan fingerprint density at radius 1 is 1.33 bits per heavy atom. The molecule has 0 aliphatic carbocycles. The van der Waals surface area contributed by atoms with Gasteiger partial charge in [-0.05, 0) is 6.42 Å². The Morgan fingerprint density at radius 2 is 2.00 bits per heavy atom. The van der Waals surface area contributed by atoms with Gasteiger partial charge in [0, 0.05) is 14.2 Å². The van der Waals surface area contributed by atoms with Crippen LogP contribution in [0.5, 0.6) is 0 Å². The van der Waals surface area contributed by atoms with E-state index in [1.165, 1.54) is 12.5 Å². The van der Waals surface area contributed by atoms with Gasteiger partial charge in [-0.3, -0.25) is 0 Å². The topological polar surface area (TPSA) is 18.5 Å². The zero-order chi connectivity index (χ0) is 6.74. The third-order valence-electron chi connectivity index (χ3n) is 2.11. The van der Waals surface area contributed by atoms with Gasteiger partial charge in [-0.2, -0.15) is 0 Å². The van der Waals surface area contributed by atoms with Crippen LogP contribution in [0.15, 0.2) is 0 Å². The van der Waals surface area contributed by atoms with Gasteiger partial charge < -0.3 is 9.47 Å². The fourth-order valence-corrected chi connectivity index (χ4v) is 3.35. The van der Waals surface area contributed by atoms with Crippen molar-refractivity contribution in [2.75, 3.05) is 14.2 Å². The first-order valence-corrected chi connectivity index (χ1v) is 5.14. The summed E-state index contributed by atoms with van der Waals surface area (Å²) in [6.07, 6.45) is 2.42. The minimum atomic E-state index is -0.0941. The molecule has 0 unspecified atom stereocenters. The molecular weight excluding hydrogens is 132 g/mol. The van der Waals surface area contributed by atoms with Crippen molar-refractivity contribution in [1.82, 2.24) is 0 Å². The summed E-state index contributed by atoms with van der Waals surface area (Å²) >= 11 is 0. The standard InChI is InChI=1S/C6H14O2Si/c1-7-6(8-2)4-3-5-9-6/h3-5,9H2,1-2H3. The first-order valence-electron chi connectivity index (χ1n) is 3.43. The highest BCUT2D eigenvalue weighted by Gasteiger charge is 2.33. The van der Waals surface area contributed by atoms with Crippen LogP contribution in [0.3, 0.4) is 0 Å². The molecule has 0 atom stereocenters. The van der Waals surface area contributed by atoms with E-state index in [0.29, 0.717) is 0 Å². The van der Waals surface area contributed by atoms with E-state index in [2.05, 4.69) is 0 Å². The van der Waals surface area contributed by atoms with Crippen molar-refractivity contribution in [3.8, 4) is 0 Å². The van der Waals surface area contributed by atoms with Crippen LogP contribution >= 0.6 is 0 Å². The lowest BCUT2D eigenvalue weighted by atomic mass is 10.3. The van der Waals surface area contributed by atoms with E-state index < -0.39 is 0 Å². The number of hydrogen-bond acceptors (Lipinski definition) is 2. The van der Waals surface area contributed by atoms with Crippen molar-refractivity contribution in [1.29, 1.82) is 0 Å². The third-order valence-corrected chi connectivity index (χ3v) is 4.66. The highest BCUT2D eigenvalue weighted by molar-refractivity contribution is 6.40. The highest BCUT2D eigenvalue weighted by Crippen LogP contribution is 2.26. The minimum Gasteiger partial charge on any atom is -0.358 e. The number of hydrogen-bond donors (Lipinski definition) is 0. The van der Waals surface area contributed by atoms with E-state index in [1.54, 1.807) is 14.2 Å². The number of methoxy groups -OCH3 is 2. The second kappa shape index (κ2) is 2.81. The molecule has 9 heavy (non-hydrogen) atoms. The van der Waals surface area contributed by atoms with Gasteiger partial charge in [0.15, 0.2) is 0 Å². The van der Waals surface area contributed by atoms with E-state index in [1.807, 2.05) is 0 Å². The van der Waals surface area contributed by atoms with Crippen LogP contribution in [0.2, 0.25) is 6.04 Å². The molecule has 0 aromatic heterocycles. The molecular formula is C6H14O2Si. The van der Waals surface area contributed by atoms with Gasteiger partial charge >= 0.3 is 0 Å². The van der Waals surface area contributed by atoms with Crippen LogP contribution in [0.4, 0.5) is 0 Å². The lowest BCUT2D eigenvalue weighted by Crippen LogP contribution is -2.35. The molecule has 0 aromatic rings. The molecule has 1 fully saturated rings. The quantitative estimate of drug-likeness (QED) is 0.412. The average molecular weight is 146 g/mol. The first kappa shape index (κ1) is 7.25. The van der Waals surface area contributed by atoms with Crippen LogP contribution in [-0.4, -0.2) is 29.1 Å². The van der Waals surface area contributed by atoms with E-state index in [-0.39, 0.29) is 14.9 Å². The lowest BCUT2D eigenvalue weighted by molar-refractivity contribution is -0.142. The normalized spacial score (nSPS) is 27.3. The molecule has 1 heterocycles. The van der Waals surface area contributed by atoms with Gasteiger partial charge in [-0.1, -0.05) is 12.5 Å². The molecule has 1 aliphatic rings.